The highest BCUT2D eigenvalue weighted by atomic mass is 15.2. The molecule has 1 aliphatic rings. The van der Waals surface area contributed by atoms with Gasteiger partial charge in [-0.05, 0) is 31.5 Å². The molecule has 5 heteroatoms. The van der Waals surface area contributed by atoms with Crippen molar-refractivity contribution in [3.05, 3.63) is 53.7 Å². The molecule has 3 heterocycles. The maximum atomic E-state index is 4.69. The van der Waals surface area contributed by atoms with E-state index in [4.69, 9.17) is 0 Å². The van der Waals surface area contributed by atoms with Crippen LogP contribution in [0.4, 0.5) is 0 Å². The van der Waals surface area contributed by atoms with Crippen molar-refractivity contribution in [2.24, 2.45) is 0 Å². The summed E-state index contributed by atoms with van der Waals surface area (Å²) in [5, 5.41) is 12.1. The Morgan fingerprint density at radius 3 is 2.91 bits per heavy atom. The molecule has 0 spiro atoms. The lowest BCUT2D eigenvalue weighted by molar-refractivity contribution is 0.398. The molecule has 1 atom stereocenters. The first-order valence-electron chi connectivity index (χ1n) is 7.88. The zero-order valence-electron chi connectivity index (χ0n) is 12.4. The summed E-state index contributed by atoms with van der Waals surface area (Å²) in [5.41, 5.74) is 2.03. The van der Waals surface area contributed by atoms with Crippen LogP contribution in [0.25, 0.3) is 10.9 Å². The quantitative estimate of drug-likeness (QED) is 0.779. The van der Waals surface area contributed by atoms with Crippen LogP contribution in [0, 0.1) is 0 Å². The maximum absolute atomic E-state index is 4.69. The Morgan fingerprint density at radius 1 is 1.05 bits per heavy atom. The minimum absolute atomic E-state index is 0.295. The molecule has 0 radical (unpaired) electrons. The van der Waals surface area contributed by atoms with Crippen molar-refractivity contribution in [2.45, 2.75) is 31.7 Å². The van der Waals surface area contributed by atoms with Gasteiger partial charge in [0.15, 0.2) is 5.82 Å². The Bertz CT molecular complexity index is 773. The molecular formula is C17H19N5. The highest BCUT2D eigenvalue weighted by molar-refractivity contribution is 5.78. The standard InChI is InChI=1S/C17H19N5/c1-2-6-14-12(5-1)8-9-13(19-14)11-16-20-17(22-21-16)15-7-3-4-10-18-15/h1-2,5-6,8-9,15,18H,3-4,7,10-11H2,(H,20,21,22). The number of benzene rings is 1. The van der Waals surface area contributed by atoms with Crippen molar-refractivity contribution in [3.63, 3.8) is 0 Å². The van der Waals surface area contributed by atoms with E-state index in [9.17, 15) is 0 Å². The number of aromatic amines is 1. The van der Waals surface area contributed by atoms with Crippen molar-refractivity contribution < 1.29 is 0 Å². The number of rotatable bonds is 3. The molecule has 2 N–H and O–H groups in total. The van der Waals surface area contributed by atoms with Gasteiger partial charge in [-0.2, -0.15) is 5.10 Å². The molecule has 4 rings (SSSR count). The van der Waals surface area contributed by atoms with Gasteiger partial charge in [0.05, 0.1) is 11.6 Å². The third-order valence-corrected chi connectivity index (χ3v) is 4.18. The van der Waals surface area contributed by atoms with Crippen LogP contribution in [-0.2, 0) is 6.42 Å². The summed E-state index contributed by atoms with van der Waals surface area (Å²) in [5.74, 6) is 1.76. The van der Waals surface area contributed by atoms with E-state index in [1.165, 1.54) is 12.8 Å². The zero-order chi connectivity index (χ0) is 14.8. The van der Waals surface area contributed by atoms with Gasteiger partial charge in [-0.15, -0.1) is 0 Å². The maximum Gasteiger partial charge on any atom is 0.167 e. The van der Waals surface area contributed by atoms with Gasteiger partial charge in [0, 0.05) is 17.5 Å². The van der Waals surface area contributed by atoms with Gasteiger partial charge >= 0.3 is 0 Å². The van der Waals surface area contributed by atoms with E-state index in [2.05, 4.69) is 43.7 Å². The Morgan fingerprint density at radius 2 is 2.00 bits per heavy atom. The third-order valence-electron chi connectivity index (χ3n) is 4.18. The van der Waals surface area contributed by atoms with E-state index in [1.807, 2.05) is 18.2 Å². The Kier molecular flexibility index (Phi) is 3.56. The zero-order valence-corrected chi connectivity index (χ0v) is 12.4. The average Bonchev–Trinajstić information content (AvgIpc) is 3.04. The number of piperidine rings is 1. The van der Waals surface area contributed by atoms with E-state index < -0.39 is 0 Å². The number of hydrogen-bond donors (Lipinski definition) is 2. The predicted octanol–water partition coefficient (Wildman–Crippen LogP) is 2.76. The van der Waals surface area contributed by atoms with Crippen LogP contribution in [0.15, 0.2) is 36.4 Å². The first-order chi connectivity index (χ1) is 10.9. The number of aromatic nitrogens is 4. The second kappa shape index (κ2) is 5.85. The third kappa shape index (κ3) is 2.72. The molecule has 112 valence electrons. The van der Waals surface area contributed by atoms with E-state index in [0.717, 1.165) is 41.2 Å². The van der Waals surface area contributed by atoms with Crippen molar-refractivity contribution in [1.82, 2.24) is 25.5 Å². The Labute approximate surface area is 129 Å². The first kappa shape index (κ1) is 13.4. The molecule has 1 unspecified atom stereocenters. The van der Waals surface area contributed by atoms with Gasteiger partial charge in [-0.1, -0.05) is 30.7 Å². The first-order valence-corrected chi connectivity index (χ1v) is 7.88. The lowest BCUT2D eigenvalue weighted by atomic mass is 10.0. The minimum Gasteiger partial charge on any atom is -0.307 e. The van der Waals surface area contributed by atoms with Crippen molar-refractivity contribution in [2.75, 3.05) is 6.54 Å². The number of hydrogen-bond acceptors (Lipinski definition) is 4. The molecule has 1 aliphatic heterocycles. The summed E-state index contributed by atoms with van der Waals surface area (Å²) in [6.45, 7) is 1.06. The molecule has 0 saturated carbocycles. The van der Waals surface area contributed by atoms with Crippen LogP contribution in [0.2, 0.25) is 0 Å². The van der Waals surface area contributed by atoms with E-state index in [0.29, 0.717) is 12.5 Å². The number of nitrogens with zero attached hydrogens (tertiary/aromatic N) is 3. The SMILES string of the molecule is c1ccc2nc(Cc3nc(C4CCCCN4)n[nH]3)ccc2c1. The second-order valence-electron chi connectivity index (χ2n) is 5.81. The fourth-order valence-electron chi connectivity index (χ4n) is 3.00. The highest BCUT2D eigenvalue weighted by Crippen LogP contribution is 2.20. The molecule has 2 aromatic heterocycles. The molecule has 22 heavy (non-hydrogen) atoms. The normalized spacial score (nSPS) is 18.6. The molecule has 3 aromatic rings. The van der Waals surface area contributed by atoms with E-state index in [1.54, 1.807) is 0 Å². The predicted molar refractivity (Wildman–Crippen MR) is 85.5 cm³/mol. The fraction of sp³-hybridized carbons (Fsp3) is 0.353. The van der Waals surface area contributed by atoms with Crippen LogP contribution < -0.4 is 5.32 Å². The smallest absolute Gasteiger partial charge is 0.167 e. The monoisotopic (exact) mass is 293 g/mol. The molecule has 0 aliphatic carbocycles. The summed E-state index contributed by atoms with van der Waals surface area (Å²) in [6, 6.07) is 12.6. The largest absolute Gasteiger partial charge is 0.307 e. The number of nitrogens with one attached hydrogen (secondary N) is 2. The van der Waals surface area contributed by atoms with Crippen LogP contribution in [0.1, 0.15) is 42.6 Å². The fourth-order valence-corrected chi connectivity index (χ4v) is 3.00. The summed E-state index contributed by atoms with van der Waals surface area (Å²) in [4.78, 5) is 9.33. The average molecular weight is 293 g/mol. The van der Waals surface area contributed by atoms with Crippen LogP contribution in [0.5, 0.6) is 0 Å². The number of H-pyrrole nitrogens is 1. The van der Waals surface area contributed by atoms with Crippen molar-refractivity contribution in [3.8, 4) is 0 Å². The summed E-state index contributed by atoms with van der Waals surface area (Å²) < 4.78 is 0. The van der Waals surface area contributed by atoms with Gasteiger partial charge < -0.3 is 5.32 Å². The summed E-state index contributed by atoms with van der Waals surface area (Å²) >= 11 is 0. The molecule has 1 aromatic carbocycles. The van der Waals surface area contributed by atoms with Gasteiger partial charge in [0.1, 0.15) is 5.82 Å². The minimum atomic E-state index is 0.295. The molecule has 1 saturated heterocycles. The van der Waals surface area contributed by atoms with Crippen LogP contribution >= 0.6 is 0 Å². The van der Waals surface area contributed by atoms with Gasteiger partial charge in [0.2, 0.25) is 0 Å². The van der Waals surface area contributed by atoms with Crippen LogP contribution in [-0.4, -0.2) is 26.7 Å². The van der Waals surface area contributed by atoms with Gasteiger partial charge in [-0.25, -0.2) is 4.98 Å². The molecule has 1 fully saturated rings. The van der Waals surface area contributed by atoms with Crippen molar-refractivity contribution in [1.29, 1.82) is 0 Å². The van der Waals surface area contributed by atoms with Crippen molar-refractivity contribution >= 4 is 10.9 Å². The topological polar surface area (TPSA) is 66.5 Å². The number of fused-ring (bicyclic) bond motifs is 1. The molecule has 0 amide bonds. The molecule has 5 nitrogen and oxygen atoms in total. The van der Waals surface area contributed by atoms with E-state index >= 15 is 0 Å². The van der Waals surface area contributed by atoms with Crippen LogP contribution in [0.3, 0.4) is 0 Å². The Hall–Kier alpha value is -2.27. The summed E-state index contributed by atoms with van der Waals surface area (Å²) in [6.07, 6.45) is 4.29. The second-order valence-corrected chi connectivity index (χ2v) is 5.81. The number of para-hydroxylation sites is 1. The molecular weight excluding hydrogens is 274 g/mol. The lowest BCUT2D eigenvalue weighted by Gasteiger charge is -2.20. The highest BCUT2D eigenvalue weighted by Gasteiger charge is 2.19. The number of pyridine rings is 1. The van der Waals surface area contributed by atoms with Gasteiger partial charge in [0.25, 0.3) is 0 Å². The Balaban J connectivity index is 1.53. The van der Waals surface area contributed by atoms with Gasteiger partial charge in [-0.3, -0.25) is 10.1 Å². The van der Waals surface area contributed by atoms with E-state index in [-0.39, 0.29) is 0 Å². The molecule has 0 bridgehead atoms. The lowest BCUT2D eigenvalue weighted by Crippen LogP contribution is -2.27. The summed E-state index contributed by atoms with van der Waals surface area (Å²) in [7, 11) is 0.